The quantitative estimate of drug-likeness (QED) is 0.125. The predicted octanol–water partition coefficient (Wildman–Crippen LogP) is 16.5. The van der Waals surface area contributed by atoms with Crippen LogP contribution in [0, 0.1) is 0 Å². The highest BCUT2D eigenvalue weighted by atomic mass is 32.1. The minimum Gasteiger partial charge on any atom is -0.135 e. The van der Waals surface area contributed by atoms with Crippen LogP contribution >= 0.6 is 11.3 Å². The van der Waals surface area contributed by atoms with Crippen LogP contribution in [0.5, 0.6) is 0 Å². The zero-order valence-corrected chi connectivity index (χ0v) is 31.9. The molecule has 12 rings (SSSR count). The Bertz CT molecular complexity index is 3510. The molecule has 0 fully saturated rings. The van der Waals surface area contributed by atoms with Gasteiger partial charge >= 0.3 is 0 Å². The van der Waals surface area contributed by atoms with Crippen molar-refractivity contribution >= 4 is 85.4 Å². The lowest BCUT2D eigenvalue weighted by Gasteiger charge is -2.18. The van der Waals surface area contributed by atoms with Crippen molar-refractivity contribution in [3.63, 3.8) is 0 Å². The second kappa shape index (κ2) is 12.7. The van der Waals surface area contributed by atoms with Crippen LogP contribution in [0.3, 0.4) is 0 Å². The van der Waals surface area contributed by atoms with E-state index in [2.05, 4.69) is 206 Å². The molecule has 57 heavy (non-hydrogen) atoms. The summed E-state index contributed by atoms with van der Waals surface area (Å²) in [5.41, 5.74) is 9.92. The highest BCUT2D eigenvalue weighted by Gasteiger charge is 2.18. The molecule has 0 radical (unpaired) electrons. The number of benzene rings is 11. The largest absolute Gasteiger partial charge is 0.135 e. The fourth-order valence-corrected chi connectivity index (χ4v) is 10.6. The molecule has 0 aliphatic rings. The highest BCUT2D eigenvalue weighted by Crippen LogP contribution is 2.47. The van der Waals surface area contributed by atoms with Gasteiger partial charge in [0, 0.05) is 25.6 Å². The first kappa shape index (κ1) is 32.2. The molecule has 0 atom stereocenters. The van der Waals surface area contributed by atoms with Crippen LogP contribution in [-0.2, 0) is 0 Å². The van der Waals surface area contributed by atoms with Crippen LogP contribution in [0.1, 0.15) is 0 Å². The Hall–Kier alpha value is -7.06. The van der Waals surface area contributed by atoms with Crippen molar-refractivity contribution < 1.29 is 0 Å². The minimum atomic E-state index is 1.22. The summed E-state index contributed by atoms with van der Waals surface area (Å²) in [6.45, 7) is 0. The average Bonchev–Trinajstić information content (AvgIpc) is 3.68. The third-order valence-electron chi connectivity index (χ3n) is 12.0. The zero-order valence-electron chi connectivity index (χ0n) is 31.0. The van der Waals surface area contributed by atoms with Gasteiger partial charge in [0.25, 0.3) is 0 Å². The first-order valence-electron chi connectivity index (χ1n) is 19.7. The molecule has 0 saturated heterocycles. The van der Waals surface area contributed by atoms with Gasteiger partial charge in [0.05, 0.1) is 0 Å². The molecule has 264 valence electrons. The molecule has 0 saturated carbocycles. The molecule has 1 aromatic heterocycles. The second-order valence-electron chi connectivity index (χ2n) is 15.2. The van der Waals surface area contributed by atoms with Crippen LogP contribution in [0.15, 0.2) is 206 Å². The molecule has 0 aliphatic carbocycles. The molecule has 0 spiro atoms. The fraction of sp³-hybridized carbons (Fsp3) is 0. The summed E-state index contributed by atoms with van der Waals surface area (Å²) in [7, 11) is 0. The van der Waals surface area contributed by atoms with Crippen LogP contribution in [0.25, 0.3) is 119 Å². The van der Waals surface area contributed by atoms with E-state index in [1.165, 1.54) is 119 Å². The van der Waals surface area contributed by atoms with Crippen LogP contribution in [-0.4, -0.2) is 0 Å². The van der Waals surface area contributed by atoms with Crippen molar-refractivity contribution in [2.45, 2.75) is 0 Å². The van der Waals surface area contributed by atoms with Crippen molar-refractivity contribution in [1.29, 1.82) is 0 Å². The molecule has 0 bridgehead atoms. The lowest BCUT2D eigenvalue weighted by molar-refractivity contribution is 1.62. The Morgan fingerprint density at radius 3 is 1.42 bits per heavy atom. The van der Waals surface area contributed by atoms with Gasteiger partial charge < -0.3 is 0 Å². The number of hydrogen-bond donors (Lipinski definition) is 0. The molecule has 1 heterocycles. The summed E-state index contributed by atoms with van der Waals surface area (Å²) in [5.74, 6) is 0. The van der Waals surface area contributed by atoms with E-state index < -0.39 is 0 Å². The standard InChI is InChI=1S/C56H34S/c1-2-13-38-32-40(29-26-35(38)12-1)36-24-27-37(28-25-36)53-46-19-6-8-21-48(46)54(49-22-9-7-20-47(49)53)42-15-11-14-39(33-42)41-30-31-52-51(34-41)55-45-18-5-3-16-43(45)44-17-4-10-23-50(44)56(55)57-52/h1-34H. The maximum atomic E-state index is 2.43. The van der Waals surface area contributed by atoms with Gasteiger partial charge in [-0.3, -0.25) is 0 Å². The Morgan fingerprint density at radius 2 is 0.719 bits per heavy atom. The van der Waals surface area contributed by atoms with Crippen LogP contribution in [0.2, 0.25) is 0 Å². The molecule has 0 nitrogen and oxygen atoms in total. The van der Waals surface area contributed by atoms with Crippen molar-refractivity contribution in [3.05, 3.63) is 206 Å². The lowest BCUT2D eigenvalue weighted by Crippen LogP contribution is -1.91. The number of thiophene rings is 1. The Labute approximate surface area is 334 Å². The highest BCUT2D eigenvalue weighted by molar-refractivity contribution is 7.27. The molecule has 12 aromatic rings. The maximum Gasteiger partial charge on any atom is 0.0440 e. The van der Waals surface area contributed by atoms with Crippen molar-refractivity contribution in [3.8, 4) is 44.5 Å². The monoisotopic (exact) mass is 738 g/mol. The average molecular weight is 739 g/mol. The third kappa shape index (κ3) is 5.06. The van der Waals surface area contributed by atoms with Gasteiger partial charge in [0.2, 0.25) is 0 Å². The Kier molecular flexibility index (Phi) is 7.20. The van der Waals surface area contributed by atoms with Gasteiger partial charge in [-0.05, 0) is 117 Å². The Balaban J connectivity index is 1.01. The topological polar surface area (TPSA) is 0 Å². The van der Waals surface area contributed by atoms with E-state index in [0.29, 0.717) is 0 Å². The van der Waals surface area contributed by atoms with Gasteiger partial charge in [0.15, 0.2) is 0 Å². The molecular formula is C56H34S. The summed E-state index contributed by atoms with van der Waals surface area (Å²) in [6.07, 6.45) is 0. The molecule has 1 heteroatoms. The molecule has 0 N–H and O–H groups in total. The summed E-state index contributed by atoms with van der Waals surface area (Å²) < 4.78 is 2.69. The molecule has 11 aromatic carbocycles. The first-order valence-corrected chi connectivity index (χ1v) is 20.5. The van der Waals surface area contributed by atoms with Gasteiger partial charge in [-0.25, -0.2) is 0 Å². The Morgan fingerprint density at radius 1 is 0.246 bits per heavy atom. The van der Waals surface area contributed by atoms with E-state index >= 15 is 0 Å². The molecule has 0 amide bonds. The normalized spacial score (nSPS) is 11.9. The zero-order chi connectivity index (χ0) is 37.5. The first-order chi connectivity index (χ1) is 28.3. The number of hydrogen-bond acceptors (Lipinski definition) is 1. The van der Waals surface area contributed by atoms with E-state index in [-0.39, 0.29) is 0 Å². The summed E-state index contributed by atoms with van der Waals surface area (Å²) in [5, 5.41) is 15.6. The van der Waals surface area contributed by atoms with Gasteiger partial charge in [-0.15, -0.1) is 11.3 Å². The van der Waals surface area contributed by atoms with Crippen molar-refractivity contribution in [2.75, 3.05) is 0 Å². The predicted molar refractivity (Wildman–Crippen MR) is 249 cm³/mol. The van der Waals surface area contributed by atoms with E-state index in [4.69, 9.17) is 0 Å². The summed E-state index contributed by atoms with van der Waals surface area (Å²) >= 11 is 1.91. The fourth-order valence-electron chi connectivity index (χ4n) is 9.39. The van der Waals surface area contributed by atoms with E-state index in [0.717, 1.165) is 0 Å². The van der Waals surface area contributed by atoms with Gasteiger partial charge in [-0.2, -0.15) is 0 Å². The summed E-state index contributed by atoms with van der Waals surface area (Å²) in [4.78, 5) is 0. The third-order valence-corrected chi connectivity index (χ3v) is 13.2. The van der Waals surface area contributed by atoms with Gasteiger partial charge in [-0.1, -0.05) is 182 Å². The maximum absolute atomic E-state index is 2.43. The van der Waals surface area contributed by atoms with Crippen LogP contribution < -0.4 is 0 Å². The number of fused-ring (bicyclic) bond motifs is 11. The van der Waals surface area contributed by atoms with Crippen molar-refractivity contribution in [2.24, 2.45) is 0 Å². The van der Waals surface area contributed by atoms with Crippen LogP contribution in [0.4, 0.5) is 0 Å². The lowest BCUT2D eigenvalue weighted by atomic mass is 9.85. The molecule has 0 unspecified atom stereocenters. The molecular weight excluding hydrogens is 705 g/mol. The van der Waals surface area contributed by atoms with E-state index in [9.17, 15) is 0 Å². The SMILES string of the molecule is c1cc(-c2ccc3sc4c5ccccc5c5ccccc5c4c3c2)cc(-c2c3ccccc3c(-c3ccc(-c4ccc5ccccc5c4)cc3)c3ccccc23)c1. The van der Waals surface area contributed by atoms with Crippen molar-refractivity contribution in [1.82, 2.24) is 0 Å². The minimum absolute atomic E-state index is 1.22. The summed E-state index contributed by atoms with van der Waals surface area (Å²) in [6, 6.07) is 76.4. The van der Waals surface area contributed by atoms with E-state index in [1.54, 1.807) is 0 Å². The molecule has 0 aliphatic heterocycles. The second-order valence-corrected chi connectivity index (χ2v) is 16.2. The number of rotatable bonds is 4. The smallest absolute Gasteiger partial charge is 0.0440 e. The van der Waals surface area contributed by atoms with Gasteiger partial charge in [0.1, 0.15) is 0 Å². The van der Waals surface area contributed by atoms with E-state index in [1.807, 2.05) is 11.3 Å².